The third-order valence-electron chi connectivity index (χ3n) is 6.26. The first kappa shape index (κ1) is 19.0. The molecule has 1 saturated carbocycles. The van der Waals surface area contributed by atoms with Gasteiger partial charge >= 0.3 is 0 Å². The van der Waals surface area contributed by atoms with Gasteiger partial charge in [0.2, 0.25) is 11.7 Å². The maximum Gasteiger partial charge on any atom is 0.232 e. The summed E-state index contributed by atoms with van der Waals surface area (Å²) in [6.45, 7) is 3.12. The van der Waals surface area contributed by atoms with Crippen molar-refractivity contribution in [2.45, 2.75) is 70.3 Å². The Morgan fingerprint density at radius 2 is 1.93 bits per heavy atom. The first-order valence-electron chi connectivity index (χ1n) is 10.7. The first-order valence-corrected chi connectivity index (χ1v) is 10.7. The van der Waals surface area contributed by atoms with E-state index in [1.165, 1.54) is 44.1 Å². The molecule has 1 saturated heterocycles. The second-order valence-electron chi connectivity index (χ2n) is 8.22. The summed E-state index contributed by atoms with van der Waals surface area (Å²) in [7, 11) is 0. The molecule has 6 heteroatoms. The first-order chi connectivity index (χ1) is 13.7. The molecule has 4 rings (SSSR count). The SMILES string of the molecule is CCCCCCCCc1ccc(-c2noc([C@@H]3C4CCN(C(=N)N)C43)n2)cc1. The van der Waals surface area contributed by atoms with Crippen LogP contribution in [0, 0.1) is 11.3 Å². The van der Waals surface area contributed by atoms with E-state index in [1.54, 1.807) is 0 Å². The van der Waals surface area contributed by atoms with Gasteiger partial charge in [0.25, 0.3) is 0 Å². The summed E-state index contributed by atoms with van der Waals surface area (Å²) in [6.07, 6.45) is 10.1. The average Bonchev–Trinajstić information content (AvgIpc) is 3.07. The van der Waals surface area contributed by atoms with Crippen LogP contribution >= 0.6 is 0 Å². The zero-order valence-corrected chi connectivity index (χ0v) is 16.7. The minimum atomic E-state index is 0.149. The van der Waals surface area contributed by atoms with Crippen molar-refractivity contribution in [3.63, 3.8) is 0 Å². The minimum Gasteiger partial charge on any atom is -0.370 e. The van der Waals surface area contributed by atoms with Crippen LogP contribution < -0.4 is 5.73 Å². The number of aryl methyl sites for hydroxylation is 1. The lowest BCUT2D eigenvalue weighted by Crippen LogP contribution is -2.37. The number of benzene rings is 1. The molecule has 6 nitrogen and oxygen atoms in total. The normalized spacial score (nSPS) is 23.0. The molecule has 2 fully saturated rings. The molecule has 0 bridgehead atoms. The topological polar surface area (TPSA) is 92.0 Å². The van der Waals surface area contributed by atoms with Crippen LogP contribution in [-0.4, -0.2) is 33.6 Å². The van der Waals surface area contributed by atoms with Gasteiger partial charge in [-0.15, -0.1) is 0 Å². The van der Waals surface area contributed by atoms with E-state index >= 15 is 0 Å². The van der Waals surface area contributed by atoms with Gasteiger partial charge in [-0.05, 0) is 30.7 Å². The average molecular weight is 382 g/mol. The van der Waals surface area contributed by atoms with Gasteiger partial charge in [-0.2, -0.15) is 4.98 Å². The number of hydrogen-bond donors (Lipinski definition) is 2. The van der Waals surface area contributed by atoms with Crippen molar-refractivity contribution in [3.8, 4) is 11.4 Å². The van der Waals surface area contributed by atoms with Crippen LogP contribution in [0.2, 0.25) is 0 Å². The maximum absolute atomic E-state index is 7.69. The lowest BCUT2D eigenvalue weighted by Gasteiger charge is -2.18. The number of rotatable bonds is 9. The molecule has 1 aromatic carbocycles. The van der Waals surface area contributed by atoms with E-state index in [4.69, 9.17) is 15.7 Å². The Morgan fingerprint density at radius 3 is 2.68 bits per heavy atom. The highest BCUT2D eigenvalue weighted by Gasteiger charge is 2.61. The van der Waals surface area contributed by atoms with E-state index < -0.39 is 0 Å². The number of nitrogens with two attached hydrogens (primary N) is 1. The number of piperidine rings is 1. The molecule has 28 heavy (non-hydrogen) atoms. The van der Waals surface area contributed by atoms with Crippen LogP contribution in [0.1, 0.15) is 69.2 Å². The Kier molecular flexibility index (Phi) is 5.64. The van der Waals surface area contributed by atoms with Crippen molar-refractivity contribution in [2.24, 2.45) is 11.7 Å². The van der Waals surface area contributed by atoms with E-state index in [9.17, 15) is 0 Å². The van der Waals surface area contributed by atoms with Gasteiger partial charge in [0.15, 0.2) is 5.96 Å². The number of nitrogens with zero attached hydrogens (tertiary/aromatic N) is 3. The second-order valence-corrected chi connectivity index (χ2v) is 8.22. The van der Waals surface area contributed by atoms with E-state index in [2.05, 4.69) is 41.3 Å². The van der Waals surface area contributed by atoms with E-state index in [0.29, 0.717) is 17.6 Å². The summed E-state index contributed by atoms with van der Waals surface area (Å²) < 4.78 is 5.55. The summed E-state index contributed by atoms with van der Waals surface area (Å²) >= 11 is 0. The van der Waals surface area contributed by atoms with Crippen molar-refractivity contribution in [1.82, 2.24) is 15.0 Å². The van der Waals surface area contributed by atoms with Gasteiger partial charge in [-0.25, -0.2) is 0 Å². The fourth-order valence-electron chi connectivity index (χ4n) is 4.60. The predicted octanol–water partition coefficient (Wildman–Crippen LogP) is 4.32. The Morgan fingerprint density at radius 1 is 1.18 bits per heavy atom. The molecule has 2 heterocycles. The van der Waals surface area contributed by atoms with Crippen LogP contribution in [0.25, 0.3) is 11.4 Å². The zero-order chi connectivity index (χ0) is 19.5. The van der Waals surface area contributed by atoms with Crippen LogP contribution in [0.3, 0.4) is 0 Å². The van der Waals surface area contributed by atoms with Crippen molar-refractivity contribution in [3.05, 3.63) is 35.7 Å². The van der Waals surface area contributed by atoms with Gasteiger partial charge in [0.1, 0.15) is 0 Å². The highest BCUT2D eigenvalue weighted by Crippen LogP contribution is 2.56. The summed E-state index contributed by atoms with van der Waals surface area (Å²) in [4.78, 5) is 6.59. The zero-order valence-electron chi connectivity index (χ0n) is 16.7. The largest absolute Gasteiger partial charge is 0.370 e. The molecular weight excluding hydrogens is 350 g/mol. The molecule has 2 aromatic rings. The summed E-state index contributed by atoms with van der Waals surface area (Å²) in [5, 5.41) is 11.9. The third-order valence-corrected chi connectivity index (χ3v) is 6.26. The lowest BCUT2D eigenvalue weighted by molar-refractivity contribution is 0.351. The fourth-order valence-corrected chi connectivity index (χ4v) is 4.60. The Balaban J connectivity index is 1.30. The standard InChI is InChI=1S/C22H31N5O/c1-2-3-4-5-6-7-8-15-9-11-16(12-10-15)20-25-21(28-26-20)18-17-13-14-27(19(17)18)22(23)24/h9-12,17-19H,2-8,13-14H2,1H3,(H3,23,24)/t17?,18-,19?/m1/s1. The summed E-state index contributed by atoms with van der Waals surface area (Å²) in [6, 6.07) is 8.82. The van der Waals surface area contributed by atoms with Gasteiger partial charge in [-0.1, -0.05) is 68.4 Å². The molecule has 2 unspecified atom stereocenters. The van der Waals surface area contributed by atoms with E-state index in [-0.39, 0.29) is 17.9 Å². The Labute approximate surface area is 167 Å². The number of unbranched alkanes of at least 4 members (excludes halogenated alkanes) is 5. The van der Waals surface area contributed by atoms with Crippen molar-refractivity contribution < 1.29 is 4.52 Å². The molecule has 2 aliphatic rings. The number of nitrogens with one attached hydrogen (secondary N) is 1. The number of aromatic nitrogens is 2. The fraction of sp³-hybridized carbons (Fsp3) is 0.591. The Bertz CT molecular complexity index is 800. The minimum absolute atomic E-state index is 0.149. The highest BCUT2D eigenvalue weighted by molar-refractivity contribution is 5.76. The predicted molar refractivity (Wildman–Crippen MR) is 110 cm³/mol. The number of guanidine groups is 1. The van der Waals surface area contributed by atoms with Crippen LogP contribution in [-0.2, 0) is 6.42 Å². The van der Waals surface area contributed by atoms with Crippen LogP contribution in [0.15, 0.2) is 28.8 Å². The smallest absolute Gasteiger partial charge is 0.232 e. The van der Waals surface area contributed by atoms with Crippen molar-refractivity contribution >= 4 is 5.96 Å². The maximum atomic E-state index is 7.69. The van der Waals surface area contributed by atoms with Gasteiger partial charge in [0, 0.05) is 18.2 Å². The molecule has 150 valence electrons. The van der Waals surface area contributed by atoms with Crippen LogP contribution in [0.5, 0.6) is 0 Å². The number of fused-ring (bicyclic) bond motifs is 1. The summed E-state index contributed by atoms with van der Waals surface area (Å²) in [5.41, 5.74) is 8.04. The molecule has 0 radical (unpaired) electrons. The third kappa shape index (κ3) is 3.91. The molecule has 1 aliphatic carbocycles. The number of hydrogen-bond acceptors (Lipinski definition) is 4. The summed E-state index contributed by atoms with van der Waals surface area (Å²) in [5.74, 6) is 2.21. The van der Waals surface area contributed by atoms with E-state index in [0.717, 1.165) is 24.9 Å². The van der Waals surface area contributed by atoms with Gasteiger partial charge in [0.05, 0.1) is 5.92 Å². The molecular formula is C22H31N5O. The van der Waals surface area contributed by atoms with Gasteiger partial charge in [-0.3, -0.25) is 5.41 Å². The quantitative estimate of drug-likeness (QED) is 0.383. The monoisotopic (exact) mass is 381 g/mol. The molecule has 1 aromatic heterocycles. The molecule has 1 aliphatic heterocycles. The highest BCUT2D eigenvalue weighted by atomic mass is 16.5. The Hall–Kier alpha value is -2.37. The molecule has 0 amide bonds. The van der Waals surface area contributed by atoms with E-state index in [1.807, 2.05) is 4.90 Å². The second kappa shape index (κ2) is 8.33. The lowest BCUT2D eigenvalue weighted by atomic mass is 10.0. The molecule has 0 spiro atoms. The molecule has 3 N–H and O–H groups in total. The number of likely N-dealkylation sites (tertiary alicyclic amines) is 1. The van der Waals surface area contributed by atoms with Crippen LogP contribution in [0.4, 0.5) is 0 Å². The van der Waals surface area contributed by atoms with Crippen molar-refractivity contribution in [2.75, 3.05) is 6.54 Å². The molecule has 3 atom stereocenters. The van der Waals surface area contributed by atoms with Crippen molar-refractivity contribution in [1.29, 1.82) is 5.41 Å². The van der Waals surface area contributed by atoms with Gasteiger partial charge < -0.3 is 15.2 Å².